The van der Waals surface area contributed by atoms with Crippen LogP contribution in [0, 0.1) is 0 Å². The van der Waals surface area contributed by atoms with Crippen molar-refractivity contribution in [3.63, 3.8) is 0 Å². The number of carbonyl (C=O) groups is 5. The quantitative estimate of drug-likeness (QED) is 0.160. The smallest absolute Gasteiger partial charge is 0.336 e. The number of carbonyl (C=O) groups excluding carboxylic acids is 1. The molecule has 0 radical (unpaired) electrons. The van der Waals surface area contributed by atoms with E-state index >= 15 is 0 Å². The van der Waals surface area contributed by atoms with E-state index in [1.807, 2.05) is 0 Å². The second-order valence-electron chi connectivity index (χ2n) is 9.38. The average Bonchev–Trinajstić information content (AvgIpc) is 2.97. The van der Waals surface area contributed by atoms with E-state index in [9.17, 15) is 44.4 Å². The minimum absolute atomic E-state index is 0.0940. The maximum Gasteiger partial charge on any atom is 0.336 e. The van der Waals surface area contributed by atoms with Crippen LogP contribution in [0.3, 0.4) is 0 Å². The van der Waals surface area contributed by atoms with E-state index in [-0.39, 0.29) is 34.1 Å². The molecule has 4 aromatic rings. The molecule has 0 heterocycles. The van der Waals surface area contributed by atoms with Gasteiger partial charge in [-0.3, -0.25) is 4.79 Å². The standard InChI is InChI=1S/C31H23NO11/c1-31(30(32)41,16-2-6-18(7-3-16)42-20-10-12-22(26(33)34)24(14-20)28(37)38)17-4-8-19(9-5-17)43-21-11-13-23(27(35)36)25(15-21)29(39)40/h2-15H,1H3,(H2,32,41)(H,33,34)(H,35,36)(H,37,38)(H,39,40). The normalized spacial score (nSPS) is 10.9. The zero-order chi connectivity index (χ0) is 31.5. The van der Waals surface area contributed by atoms with Gasteiger partial charge in [-0.1, -0.05) is 24.3 Å². The number of nitrogens with two attached hydrogens (primary N) is 1. The molecular weight excluding hydrogens is 562 g/mol. The first kappa shape index (κ1) is 29.8. The number of carboxylic acids is 4. The lowest BCUT2D eigenvalue weighted by atomic mass is 9.75. The second kappa shape index (κ2) is 11.7. The van der Waals surface area contributed by atoms with E-state index in [1.165, 1.54) is 12.1 Å². The van der Waals surface area contributed by atoms with Crippen LogP contribution in [0.1, 0.15) is 59.5 Å². The van der Waals surface area contributed by atoms with Gasteiger partial charge < -0.3 is 35.6 Å². The maximum absolute atomic E-state index is 12.7. The van der Waals surface area contributed by atoms with Gasteiger partial charge in [0.2, 0.25) is 5.91 Å². The average molecular weight is 586 g/mol. The Morgan fingerprint density at radius 1 is 0.512 bits per heavy atom. The number of benzene rings is 4. The van der Waals surface area contributed by atoms with Crippen LogP contribution in [0.2, 0.25) is 0 Å². The molecule has 43 heavy (non-hydrogen) atoms. The first-order chi connectivity index (χ1) is 20.3. The molecule has 4 rings (SSSR count). The highest BCUT2D eigenvalue weighted by Gasteiger charge is 2.35. The van der Waals surface area contributed by atoms with Gasteiger partial charge in [-0.05, 0) is 78.7 Å². The summed E-state index contributed by atoms with van der Waals surface area (Å²) in [5.74, 6) is -5.53. The number of rotatable bonds is 11. The van der Waals surface area contributed by atoms with E-state index in [1.54, 1.807) is 55.5 Å². The summed E-state index contributed by atoms with van der Waals surface area (Å²) < 4.78 is 11.4. The van der Waals surface area contributed by atoms with Gasteiger partial charge in [-0.15, -0.1) is 0 Å². The molecule has 4 aromatic carbocycles. The van der Waals surface area contributed by atoms with E-state index in [0.717, 1.165) is 24.3 Å². The van der Waals surface area contributed by atoms with Crippen LogP contribution in [0.5, 0.6) is 23.0 Å². The molecule has 0 saturated carbocycles. The van der Waals surface area contributed by atoms with Crippen LogP contribution in [0.25, 0.3) is 0 Å². The number of ether oxygens (including phenoxy) is 2. The van der Waals surface area contributed by atoms with Crippen molar-refractivity contribution in [2.24, 2.45) is 5.73 Å². The fraction of sp³-hybridized carbons (Fsp3) is 0.0645. The van der Waals surface area contributed by atoms with Crippen LogP contribution in [-0.2, 0) is 10.2 Å². The number of primary amides is 1. The van der Waals surface area contributed by atoms with E-state index < -0.39 is 46.3 Å². The maximum atomic E-state index is 12.7. The van der Waals surface area contributed by atoms with Crippen molar-refractivity contribution in [1.82, 2.24) is 0 Å². The Hall–Kier alpha value is -6.17. The molecule has 0 saturated heterocycles. The highest BCUT2D eigenvalue weighted by Crippen LogP contribution is 2.35. The molecule has 218 valence electrons. The number of hydrogen-bond donors (Lipinski definition) is 5. The predicted octanol–water partition coefficient (Wildman–Crippen LogP) is 4.86. The summed E-state index contributed by atoms with van der Waals surface area (Å²) >= 11 is 0. The van der Waals surface area contributed by atoms with Gasteiger partial charge in [0, 0.05) is 0 Å². The Bertz CT molecular complexity index is 1640. The minimum atomic E-state index is -1.42. The van der Waals surface area contributed by atoms with Crippen molar-refractivity contribution in [3.05, 3.63) is 118 Å². The summed E-state index contributed by atoms with van der Waals surface area (Å²) in [4.78, 5) is 58.2. The summed E-state index contributed by atoms with van der Waals surface area (Å²) in [6, 6.07) is 19.7. The van der Waals surface area contributed by atoms with Gasteiger partial charge >= 0.3 is 23.9 Å². The molecule has 0 aliphatic heterocycles. The summed E-state index contributed by atoms with van der Waals surface area (Å²) in [6.45, 7) is 1.62. The Kier molecular flexibility index (Phi) is 8.14. The fourth-order valence-corrected chi connectivity index (χ4v) is 4.34. The highest BCUT2D eigenvalue weighted by atomic mass is 16.5. The first-order valence-electron chi connectivity index (χ1n) is 12.4. The molecular formula is C31H23NO11. The van der Waals surface area contributed by atoms with E-state index in [0.29, 0.717) is 11.1 Å². The lowest BCUT2D eigenvalue weighted by Gasteiger charge is -2.27. The second-order valence-corrected chi connectivity index (χ2v) is 9.38. The Balaban J connectivity index is 1.56. The van der Waals surface area contributed by atoms with Gasteiger partial charge in [-0.2, -0.15) is 0 Å². The fourth-order valence-electron chi connectivity index (χ4n) is 4.34. The Morgan fingerprint density at radius 3 is 1.09 bits per heavy atom. The van der Waals surface area contributed by atoms with Gasteiger partial charge in [0.1, 0.15) is 23.0 Å². The third-order valence-electron chi connectivity index (χ3n) is 6.73. The molecule has 1 amide bonds. The summed E-state index contributed by atoms with van der Waals surface area (Å²) in [5, 5.41) is 37.0. The van der Waals surface area contributed by atoms with E-state index in [2.05, 4.69) is 0 Å². The van der Waals surface area contributed by atoms with Gasteiger partial charge in [0.05, 0.1) is 27.7 Å². The van der Waals surface area contributed by atoms with E-state index in [4.69, 9.17) is 15.2 Å². The van der Waals surface area contributed by atoms with Crippen molar-refractivity contribution in [3.8, 4) is 23.0 Å². The minimum Gasteiger partial charge on any atom is -0.478 e. The summed E-state index contributed by atoms with van der Waals surface area (Å²) in [6.07, 6.45) is 0. The monoisotopic (exact) mass is 585 g/mol. The highest BCUT2D eigenvalue weighted by molar-refractivity contribution is 6.02. The molecule has 0 bridgehead atoms. The molecule has 0 aliphatic rings. The van der Waals surface area contributed by atoms with Gasteiger partial charge in [-0.25, -0.2) is 19.2 Å². The van der Waals surface area contributed by atoms with Crippen molar-refractivity contribution in [1.29, 1.82) is 0 Å². The van der Waals surface area contributed by atoms with Crippen molar-refractivity contribution in [2.75, 3.05) is 0 Å². The number of carboxylic acid groups (broad SMARTS) is 4. The molecule has 6 N–H and O–H groups in total. The summed E-state index contributed by atoms with van der Waals surface area (Å²) in [5.41, 5.74) is 3.88. The van der Waals surface area contributed by atoms with Crippen LogP contribution in [-0.4, -0.2) is 50.2 Å². The SMILES string of the molecule is CC(C(N)=O)(c1ccc(Oc2ccc(C(=O)O)c(C(=O)O)c2)cc1)c1ccc(Oc2ccc(C(=O)O)c(C(=O)O)c2)cc1. The van der Waals surface area contributed by atoms with Crippen LogP contribution in [0.4, 0.5) is 0 Å². The summed E-state index contributed by atoms with van der Waals surface area (Å²) in [7, 11) is 0. The molecule has 0 unspecified atom stereocenters. The van der Waals surface area contributed by atoms with Crippen LogP contribution < -0.4 is 15.2 Å². The zero-order valence-corrected chi connectivity index (χ0v) is 22.3. The first-order valence-corrected chi connectivity index (χ1v) is 12.4. The van der Waals surface area contributed by atoms with Crippen molar-refractivity contribution >= 4 is 29.8 Å². The molecule has 0 aromatic heterocycles. The van der Waals surface area contributed by atoms with Crippen LogP contribution >= 0.6 is 0 Å². The Labute approximate surface area is 243 Å². The zero-order valence-electron chi connectivity index (χ0n) is 22.3. The van der Waals surface area contributed by atoms with Crippen molar-refractivity contribution < 1.29 is 53.9 Å². The van der Waals surface area contributed by atoms with Gasteiger partial charge in [0.25, 0.3) is 0 Å². The molecule has 12 heteroatoms. The molecule has 12 nitrogen and oxygen atoms in total. The molecule has 0 atom stereocenters. The van der Waals surface area contributed by atoms with Crippen molar-refractivity contribution in [2.45, 2.75) is 12.3 Å². The topological polar surface area (TPSA) is 211 Å². The van der Waals surface area contributed by atoms with Gasteiger partial charge in [0.15, 0.2) is 0 Å². The molecule has 0 aliphatic carbocycles. The molecule has 0 fully saturated rings. The molecule has 0 spiro atoms. The third-order valence-corrected chi connectivity index (χ3v) is 6.73. The number of amides is 1. The Morgan fingerprint density at radius 2 is 0.814 bits per heavy atom. The predicted molar refractivity (Wildman–Crippen MR) is 149 cm³/mol. The lowest BCUT2D eigenvalue weighted by Crippen LogP contribution is -2.39. The largest absolute Gasteiger partial charge is 0.478 e. The number of hydrogen-bond acceptors (Lipinski definition) is 7. The lowest BCUT2D eigenvalue weighted by molar-refractivity contribution is -0.121. The third kappa shape index (κ3) is 6.12. The number of aromatic carboxylic acids is 4. The van der Waals surface area contributed by atoms with Crippen LogP contribution in [0.15, 0.2) is 84.9 Å².